The largest absolute Gasteiger partial charge is 0.341 e. The van der Waals surface area contributed by atoms with Gasteiger partial charge in [0.2, 0.25) is 5.91 Å². The second-order valence-corrected chi connectivity index (χ2v) is 5.51. The van der Waals surface area contributed by atoms with Crippen molar-refractivity contribution in [1.82, 2.24) is 15.5 Å². The lowest BCUT2D eigenvalue weighted by molar-refractivity contribution is -0.120. The molecule has 1 aromatic carbocycles. The van der Waals surface area contributed by atoms with Gasteiger partial charge in [-0.05, 0) is 24.1 Å². The zero-order valence-electron chi connectivity index (χ0n) is 13.3. The van der Waals surface area contributed by atoms with Gasteiger partial charge in [-0.15, -0.1) is 0 Å². The molecule has 116 valence electrons. The fourth-order valence-corrected chi connectivity index (χ4v) is 1.94. The Balaban J connectivity index is 2.38. The van der Waals surface area contributed by atoms with Gasteiger partial charge in [-0.2, -0.15) is 0 Å². The number of benzene rings is 1. The molecule has 3 amide bonds. The second-order valence-electron chi connectivity index (χ2n) is 5.51. The number of nitrogens with zero attached hydrogens (tertiary/aromatic N) is 1. The third-order valence-electron chi connectivity index (χ3n) is 3.30. The van der Waals surface area contributed by atoms with Crippen LogP contribution in [0, 0.1) is 0 Å². The molecule has 1 rings (SSSR count). The van der Waals surface area contributed by atoms with Gasteiger partial charge in [0.15, 0.2) is 0 Å². The van der Waals surface area contributed by atoms with Gasteiger partial charge in [-0.3, -0.25) is 10.1 Å². The summed E-state index contributed by atoms with van der Waals surface area (Å²) < 4.78 is 0. The zero-order valence-corrected chi connectivity index (χ0v) is 13.3. The molecule has 0 atom stereocenters. The molecule has 5 nitrogen and oxygen atoms in total. The third kappa shape index (κ3) is 6.40. The predicted molar refractivity (Wildman–Crippen MR) is 84.1 cm³/mol. The molecule has 0 bridgehead atoms. The number of hydrogen-bond donors (Lipinski definition) is 2. The first-order chi connectivity index (χ1) is 9.92. The van der Waals surface area contributed by atoms with E-state index in [-0.39, 0.29) is 5.91 Å². The van der Waals surface area contributed by atoms with E-state index in [2.05, 4.69) is 53.6 Å². The number of amides is 3. The molecule has 2 N–H and O–H groups in total. The van der Waals surface area contributed by atoms with E-state index in [9.17, 15) is 9.59 Å². The molecule has 0 aliphatic rings. The number of rotatable bonds is 6. The Morgan fingerprint density at radius 1 is 1.19 bits per heavy atom. The Morgan fingerprint density at radius 3 is 2.33 bits per heavy atom. The van der Waals surface area contributed by atoms with Gasteiger partial charge in [0, 0.05) is 26.6 Å². The fourth-order valence-electron chi connectivity index (χ4n) is 1.94. The number of carbonyl (C=O) groups is 2. The maximum Gasteiger partial charge on any atom is 0.321 e. The smallest absolute Gasteiger partial charge is 0.321 e. The van der Waals surface area contributed by atoms with E-state index >= 15 is 0 Å². The number of hydrogen-bond acceptors (Lipinski definition) is 3. The number of urea groups is 1. The standard InChI is InChI=1S/C16H25N3O2/c1-12(2)14-7-5-13(6-8-14)11-19(4)10-9-15(20)18-16(21)17-3/h5-8,12H,9-11H2,1-4H3,(H2,17,18,20,21). The van der Waals surface area contributed by atoms with E-state index in [4.69, 9.17) is 0 Å². The van der Waals surface area contributed by atoms with Gasteiger partial charge in [0.1, 0.15) is 0 Å². The number of nitrogens with one attached hydrogen (secondary N) is 2. The van der Waals surface area contributed by atoms with Crippen LogP contribution in [-0.2, 0) is 11.3 Å². The minimum Gasteiger partial charge on any atom is -0.341 e. The van der Waals surface area contributed by atoms with Gasteiger partial charge in [-0.1, -0.05) is 38.1 Å². The molecular formula is C16H25N3O2. The molecular weight excluding hydrogens is 266 g/mol. The van der Waals surface area contributed by atoms with Crippen LogP contribution < -0.4 is 10.6 Å². The quantitative estimate of drug-likeness (QED) is 0.843. The summed E-state index contributed by atoms with van der Waals surface area (Å²) in [7, 11) is 3.44. The zero-order chi connectivity index (χ0) is 15.8. The Hall–Kier alpha value is -1.88. The summed E-state index contributed by atoms with van der Waals surface area (Å²) in [6.07, 6.45) is 0.300. The van der Waals surface area contributed by atoms with Crippen molar-refractivity contribution in [2.24, 2.45) is 0 Å². The SMILES string of the molecule is CNC(=O)NC(=O)CCN(C)Cc1ccc(C(C)C)cc1. The second kappa shape index (κ2) is 8.42. The highest BCUT2D eigenvalue weighted by molar-refractivity contribution is 5.94. The van der Waals surface area contributed by atoms with Crippen molar-refractivity contribution >= 4 is 11.9 Å². The van der Waals surface area contributed by atoms with Crippen LogP contribution in [0.5, 0.6) is 0 Å². The first kappa shape index (κ1) is 17.2. The Kier molecular flexibility index (Phi) is 6.88. The summed E-state index contributed by atoms with van der Waals surface area (Å²) in [4.78, 5) is 24.5. The van der Waals surface area contributed by atoms with Crippen molar-refractivity contribution in [2.75, 3.05) is 20.6 Å². The average molecular weight is 291 g/mol. The fraction of sp³-hybridized carbons (Fsp3) is 0.500. The molecule has 0 unspecified atom stereocenters. The summed E-state index contributed by atoms with van der Waals surface area (Å²) in [6, 6.07) is 8.07. The Morgan fingerprint density at radius 2 is 1.81 bits per heavy atom. The molecule has 0 fully saturated rings. The third-order valence-corrected chi connectivity index (χ3v) is 3.30. The van der Waals surface area contributed by atoms with Crippen molar-refractivity contribution in [2.45, 2.75) is 32.7 Å². The van der Waals surface area contributed by atoms with Crippen molar-refractivity contribution in [1.29, 1.82) is 0 Å². The van der Waals surface area contributed by atoms with Gasteiger partial charge < -0.3 is 10.2 Å². The summed E-state index contributed by atoms with van der Waals surface area (Å²) in [6.45, 7) is 5.73. The maximum absolute atomic E-state index is 11.5. The van der Waals surface area contributed by atoms with Crippen LogP contribution in [0.3, 0.4) is 0 Å². The van der Waals surface area contributed by atoms with Crippen LogP contribution in [0.15, 0.2) is 24.3 Å². The molecule has 1 aromatic rings. The van der Waals surface area contributed by atoms with Crippen molar-refractivity contribution in [3.05, 3.63) is 35.4 Å². The van der Waals surface area contributed by atoms with Crippen LogP contribution in [-0.4, -0.2) is 37.5 Å². The van der Waals surface area contributed by atoms with E-state index in [1.165, 1.54) is 18.2 Å². The lowest BCUT2D eigenvalue weighted by Crippen LogP contribution is -2.38. The molecule has 0 aromatic heterocycles. The van der Waals surface area contributed by atoms with Crippen molar-refractivity contribution < 1.29 is 9.59 Å². The summed E-state index contributed by atoms with van der Waals surface area (Å²) in [5.74, 6) is 0.265. The summed E-state index contributed by atoms with van der Waals surface area (Å²) >= 11 is 0. The Labute approximate surface area is 126 Å². The highest BCUT2D eigenvalue weighted by atomic mass is 16.2. The van der Waals surface area contributed by atoms with Gasteiger partial charge in [-0.25, -0.2) is 4.79 Å². The molecule has 0 aliphatic carbocycles. The monoisotopic (exact) mass is 291 g/mol. The van der Waals surface area contributed by atoms with E-state index in [1.807, 2.05) is 7.05 Å². The van der Waals surface area contributed by atoms with Gasteiger partial charge in [0.05, 0.1) is 0 Å². The molecule has 0 saturated heterocycles. The Bertz CT molecular complexity index is 469. The molecule has 0 heterocycles. The topological polar surface area (TPSA) is 61.4 Å². The normalized spacial score (nSPS) is 10.8. The minimum absolute atomic E-state index is 0.267. The molecule has 5 heteroatoms. The van der Waals surface area contributed by atoms with Crippen LogP contribution in [0.25, 0.3) is 0 Å². The number of imide groups is 1. The predicted octanol–water partition coefficient (Wildman–Crippen LogP) is 2.09. The highest BCUT2D eigenvalue weighted by Crippen LogP contribution is 2.15. The van der Waals surface area contributed by atoms with Crippen LogP contribution in [0.2, 0.25) is 0 Å². The lowest BCUT2D eigenvalue weighted by Gasteiger charge is -2.17. The molecule has 21 heavy (non-hydrogen) atoms. The van der Waals surface area contributed by atoms with Crippen LogP contribution >= 0.6 is 0 Å². The molecule has 0 aliphatic heterocycles. The van der Waals surface area contributed by atoms with Crippen LogP contribution in [0.4, 0.5) is 4.79 Å². The van der Waals surface area contributed by atoms with Crippen molar-refractivity contribution in [3.8, 4) is 0 Å². The minimum atomic E-state index is -0.466. The lowest BCUT2D eigenvalue weighted by atomic mass is 10.0. The van der Waals surface area contributed by atoms with E-state index in [0.717, 1.165) is 6.54 Å². The highest BCUT2D eigenvalue weighted by Gasteiger charge is 2.08. The van der Waals surface area contributed by atoms with Gasteiger partial charge >= 0.3 is 6.03 Å². The molecule has 0 radical (unpaired) electrons. The first-order valence-corrected chi connectivity index (χ1v) is 7.21. The first-order valence-electron chi connectivity index (χ1n) is 7.21. The molecule has 0 spiro atoms. The summed E-state index contributed by atoms with van der Waals surface area (Å²) in [5.41, 5.74) is 2.54. The summed E-state index contributed by atoms with van der Waals surface area (Å²) in [5, 5.41) is 4.61. The molecule has 0 saturated carbocycles. The average Bonchev–Trinajstić information content (AvgIpc) is 2.45. The maximum atomic E-state index is 11.5. The van der Waals surface area contributed by atoms with E-state index in [1.54, 1.807) is 0 Å². The van der Waals surface area contributed by atoms with E-state index in [0.29, 0.717) is 18.9 Å². The van der Waals surface area contributed by atoms with Crippen molar-refractivity contribution in [3.63, 3.8) is 0 Å². The van der Waals surface area contributed by atoms with Crippen LogP contribution in [0.1, 0.15) is 37.3 Å². The number of carbonyl (C=O) groups excluding carboxylic acids is 2. The van der Waals surface area contributed by atoms with Gasteiger partial charge in [0.25, 0.3) is 0 Å². The van der Waals surface area contributed by atoms with E-state index < -0.39 is 6.03 Å².